The smallest absolute Gasteiger partial charge is 0.323 e. The first kappa shape index (κ1) is 20.2. The second kappa shape index (κ2) is 9.11. The number of carbonyl (C=O) groups excluding carboxylic acids is 1. The highest BCUT2D eigenvalue weighted by atomic mass is 19.4. The lowest BCUT2D eigenvalue weighted by Crippen LogP contribution is -2.29. The molecule has 3 rings (SSSR count). The van der Waals surface area contributed by atoms with Gasteiger partial charge in [0.25, 0.3) is 5.91 Å². The van der Waals surface area contributed by atoms with Crippen molar-refractivity contribution >= 4 is 5.91 Å². The van der Waals surface area contributed by atoms with Crippen molar-refractivity contribution in [3.05, 3.63) is 107 Å². The molecule has 3 aromatic rings. The molecule has 0 radical (unpaired) electrons. The molecule has 0 aliphatic heterocycles. The van der Waals surface area contributed by atoms with E-state index in [-0.39, 0.29) is 6.54 Å². The fraction of sp³-hybridized carbons (Fsp3) is 0.125. The molecule has 3 aromatic carbocycles. The normalized spacial score (nSPS) is 10.7. The van der Waals surface area contributed by atoms with Gasteiger partial charge in [0.1, 0.15) is 0 Å². The topological polar surface area (TPSA) is 20.3 Å². The third kappa shape index (κ3) is 5.98. The molecule has 0 aromatic heterocycles. The fourth-order valence-electron chi connectivity index (χ4n) is 2.75. The minimum Gasteiger partial charge on any atom is -0.323 e. The van der Waals surface area contributed by atoms with Crippen LogP contribution in [-0.4, -0.2) is 10.8 Å². The number of hydrogen-bond donors (Lipinski definition) is 0. The van der Waals surface area contributed by atoms with Crippen molar-refractivity contribution in [2.24, 2.45) is 0 Å². The van der Waals surface area contributed by atoms with Gasteiger partial charge in [0, 0.05) is 24.6 Å². The van der Waals surface area contributed by atoms with E-state index in [1.54, 1.807) is 12.1 Å². The summed E-state index contributed by atoms with van der Waals surface area (Å²) in [6.45, 7) is 0.472. The second-order valence-corrected chi connectivity index (χ2v) is 6.46. The first-order valence-electron chi connectivity index (χ1n) is 8.98. The lowest BCUT2D eigenvalue weighted by atomic mass is 10.1. The van der Waals surface area contributed by atoms with Gasteiger partial charge in [-0.25, -0.2) is 0 Å². The zero-order valence-electron chi connectivity index (χ0n) is 15.5. The number of hydrogen-bond acceptors (Lipinski definition) is 1. The Hall–Kier alpha value is -3.52. The lowest BCUT2D eigenvalue weighted by molar-refractivity contribution is -0.137. The molecule has 0 aliphatic rings. The Morgan fingerprint density at radius 2 is 1.28 bits per heavy atom. The molecule has 0 heterocycles. The number of carbonyl (C=O) groups is 1. The molecule has 0 atom stereocenters. The average Bonchev–Trinajstić information content (AvgIpc) is 2.73. The van der Waals surface area contributed by atoms with E-state index in [2.05, 4.69) is 11.8 Å². The monoisotopic (exact) mass is 393 g/mol. The van der Waals surface area contributed by atoms with Gasteiger partial charge < -0.3 is 4.90 Å². The molecule has 2 nitrogen and oxygen atoms in total. The predicted octanol–water partition coefficient (Wildman–Crippen LogP) is 5.29. The van der Waals surface area contributed by atoms with Crippen LogP contribution in [0.15, 0.2) is 84.9 Å². The Bertz CT molecular complexity index is 1000. The van der Waals surface area contributed by atoms with E-state index >= 15 is 0 Å². The van der Waals surface area contributed by atoms with Crippen molar-refractivity contribution in [3.8, 4) is 11.8 Å². The molecule has 0 bridgehead atoms. The van der Waals surface area contributed by atoms with Crippen LogP contribution in [0.1, 0.15) is 22.3 Å². The molecule has 0 saturated heterocycles. The van der Waals surface area contributed by atoms with Crippen molar-refractivity contribution in [3.63, 3.8) is 0 Å². The van der Waals surface area contributed by atoms with Gasteiger partial charge in [-0.3, -0.25) is 4.79 Å². The Labute approximate surface area is 167 Å². The lowest BCUT2D eigenvalue weighted by Gasteiger charge is -2.21. The van der Waals surface area contributed by atoms with Gasteiger partial charge in [-0.05, 0) is 35.4 Å². The standard InChI is InChI=1S/C24H18F3NO/c25-24(26,27)22-14-11-21(12-15-22)18-28(17-20-9-5-2-6-10-20)23(29)16-13-19-7-3-1-4-8-19/h1-12,14-15H,17-18H2. The SMILES string of the molecule is O=C(C#Cc1ccccc1)N(Cc1ccccc1)Cc1ccc(C(F)(F)F)cc1. The van der Waals surface area contributed by atoms with Crippen LogP contribution in [0.2, 0.25) is 0 Å². The van der Waals surface area contributed by atoms with E-state index in [9.17, 15) is 18.0 Å². The molecule has 0 saturated carbocycles. The molecule has 5 heteroatoms. The molecule has 0 aliphatic carbocycles. The summed E-state index contributed by atoms with van der Waals surface area (Å²) in [6.07, 6.45) is -4.39. The third-order valence-corrected chi connectivity index (χ3v) is 4.25. The number of amides is 1. The summed E-state index contributed by atoms with van der Waals surface area (Å²) in [6, 6.07) is 23.3. The number of nitrogens with zero attached hydrogens (tertiary/aromatic N) is 1. The van der Waals surface area contributed by atoms with Crippen LogP contribution in [0.4, 0.5) is 13.2 Å². The summed E-state index contributed by atoms with van der Waals surface area (Å²) in [5.74, 6) is 5.08. The van der Waals surface area contributed by atoms with Crippen LogP contribution in [0.5, 0.6) is 0 Å². The molecule has 1 amide bonds. The second-order valence-electron chi connectivity index (χ2n) is 6.46. The van der Waals surface area contributed by atoms with Crippen LogP contribution in [0.3, 0.4) is 0 Å². The minimum absolute atomic E-state index is 0.162. The highest BCUT2D eigenvalue weighted by molar-refractivity contribution is 5.94. The van der Waals surface area contributed by atoms with E-state index in [0.717, 1.165) is 23.3 Å². The van der Waals surface area contributed by atoms with Gasteiger partial charge in [-0.2, -0.15) is 13.2 Å². The van der Waals surface area contributed by atoms with Crippen LogP contribution in [0, 0.1) is 11.8 Å². The average molecular weight is 393 g/mol. The van der Waals surface area contributed by atoms with E-state index in [1.165, 1.54) is 17.0 Å². The largest absolute Gasteiger partial charge is 0.416 e. The summed E-state index contributed by atoms with van der Waals surface area (Å²) in [5.41, 5.74) is 1.51. The highest BCUT2D eigenvalue weighted by Gasteiger charge is 2.30. The maximum Gasteiger partial charge on any atom is 0.416 e. The summed E-state index contributed by atoms with van der Waals surface area (Å²) in [4.78, 5) is 14.2. The molecule has 0 spiro atoms. The minimum atomic E-state index is -4.39. The highest BCUT2D eigenvalue weighted by Crippen LogP contribution is 2.29. The van der Waals surface area contributed by atoms with Crippen LogP contribution in [-0.2, 0) is 24.1 Å². The molecular weight excluding hydrogens is 375 g/mol. The fourth-order valence-corrected chi connectivity index (χ4v) is 2.75. The van der Waals surface area contributed by atoms with Crippen molar-refractivity contribution in [2.45, 2.75) is 19.3 Å². The molecule has 0 fully saturated rings. The van der Waals surface area contributed by atoms with Gasteiger partial charge in [0.2, 0.25) is 0 Å². The van der Waals surface area contributed by atoms with Crippen LogP contribution < -0.4 is 0 Å². The molecular formula is C24H18F3NO. The van der Waals surface area contributed by atoms with E-state index in [0.29, 0.717) is 12.1 Å². The molecule has 0 N–H and O–H groups in total. The summed E-state index contributed by atoms with van der Waals surface area (Å²) < 4.78 is 38.3. The Kier molecular flexibility index (Phi) is 6.36. The van der Waals surface area contributed by atoms with Crippen molar-refractivity contribution in [1.29, 1.82) is 0 Å². The van der Waals surface area contributed by atoms with E-state index < -0.39 is 17.6 Å². The van der Waals surface area contributed by atoms with Crippen molar-refractivity contribution in [2.75, 3.05) is 0 Å². The van der Waals surface area contributed by atoms with Gasteiger partial charge in [-0.15, -0.1) is 0 Å². The third-order valence-electron chi connectivity index (χ3n) is 4.25. The number of rotatable bonds is 4. The maximum atomic E-state index is 12.8. The van der Waals surface area contributed by atoms with Gasteiger partial charge in [-0.1, -0.05) is 66.6 Å². The maximum absolute atomic E-state index is 12.8. The van der Waals surface area contributed by atoms with E-state index in [4.69, 9.17) is 0 Å². The summed E-state index contributed by atoms with van der Waals surface area (Å²) in [7, 11) is 0. The van der Waals surface area contributed by atoms with Crippen LogP contribution in [0.25, 0.3) is 0 Å². The van der Waals surface area contributed by atoms with Crippen molar-refractivity contribution < 1.29 is 18.0 Å². The number of alkyl halides is 3. The quantitative estimate of drug-likeness (QED) is 0.552. The number of benzene rings is 3. The van der Waals surface area contributed by atoms with Gasteiger partial charge in [0.15, 0.2) is 0 Å². The van der Waals surface area contributed by atoms with Gasteiger partial charge in [0.05, 0.1) is 5.56 Å². The predicted molar refractivity (Wildman–Crippen MR) is 105 cm³/mol. The summed E-state index contributed by atoms with van der Waals surface area (Å²) in [5, 5.41) is 0. The zero-order valence-corrected chi connectivity index (χ0v) is 15.5. The molecule has 146 valence electrons. The first-order chi connectivity index (χ1) is 13.9. The Balaban J connectivity index is 1.81. The van der Waals surface area contributed by atoms with Crippen molar-refractivity contribution in [1.82, 2.24) is 4.90 Å². The van der Waals surface area contributed by atoms with Gasteiger partial charge >= 0.3 is 6.18 Å². The zero-order chi connectivity index (χ0) is 20.7. The van der Waals surface area contributed by atoms with Crippen LogP contribution >= 0.6 is 0 Å². The Morgan fingerprint density at radius 3 is 1.83 bits per heavy atom. The summed E-state index contributed by atoms with van der Waals surface area (Å²) >= 11 is 0. The molecule has 29 heavy (non-hydrogen) atoms. The number of halogens is 3. The van der Waals surface area contributed by atoms with E-state index in [1.807, 2.05) is 48.5 Å². The molecule has 0 unspecified atom stereocenters. The first-order valence-corrected chi connectivity index (χ1v) is 8.98. The Morgan fingerprint density at radius 1 is 0.759 bits per heavy atom.